The topological polar surface area (TPSA) is 12.4 Å². The van der Waals surface area contributed by atoms with Gasteiger partial charge in [-0.2, -0.15) is 0 Å². The number of hydrogen-bond donors (Lipinski definition) is 0. The van der Waals surface area contributed by atoms with Crippen molar-refractivity contribution >= 4 is 5.71 Å². The predicted molar refractivity (Wildman–Crippen MR) is 47.6 cm³/mol. The lowest BCUT2D eigenvalue weighted by Gasteiger charge is -1.87. The second-order valence-corrected chi connectivity index (χ2v) is 2.08. The second-order valence-electron chi connectivity index (χ2n) is 2.08. The van der Waals surface area contributed by atoms with Crippen LogP contribution in [-0.4, -0.2) is 12.3 Å². The SMILES string of the molecule is C=CCN=C(C)C=CCC. The fraction of sp³-hybridized carbons (Fsp3) is 0.444. The van der Waals surface area contributed by atoms with Gasteiger partial charge in [-0.25, -0.2) is 0 Å². The van der Waals surface area contributed by atoms with Gasteiger partial charge in [-0.05, 0) is 19.4 Å². The molecule has 1 heteroatoms. The van der Waals surface area contributed by atoms with Crippen LogP contribution in [0.15, 0.2) is 29.8 Å². The molecule has 10 heavy (non-hydrogen) atoms. The van der Waals surface area contributed by atoms with Crippen LogP contribution in [0.5, 0.6) is 0 Å². The first-order chi connectivity index (χ1) is 4.81. The largest absolute Gasteiger partial charge is 0.286 e. The van der Waals surface area contributed by atoms with Crippen molar-refractivity contribution in [3.05, 3.63) is 24.8 Å². The molecule has 0 N–H and O–H groups in total. The maximum Gasteiger partial charge on any atom is 0.0570 e. The molecule has 0 saturated carbocycles. The first-order valence-electron chi connectivity index (χ1n) is 3.59. The van der Waals surface area contributed by atoms with E-state index in [1.54, 1.807) is 6.08 Å². The van der Waals surface area contributed by atoms with Crippen molar-refractivity contribution in [2.24, 2.45) is 4.99 Å². The van der Waals surface area contributed by atoms with Gasteiger partial charge in [-0.1, -0.05) is 19.1 Å². The minimum Gasteiger partial charge on any atom is -0.286 e. The van der Waals surface area contributed by atoms with Crippen molar-refractivity contribution in [2.45, 2.75) is 20.3 Å². The van der Waals surface area contributed by atoms with Crippen molar-refractivity contribution in [1.29, 1.82) is 0 Å². The molecule has 0 amide bonds. The van der Waals surface area contributed by atoms with Crippen LogP contribution in [0.2, 0.25) is 0 Å². The van der Waals surface area contributed by atoms with Crippen LogP contribution in [0, 0.1) is 0 Å². The molecular weight excluding hydrogens is 122 g/mol. The zero-order chi connectivity index (χ0) is 7.82. The van der Waals surface area contributed by atoms with Gasteiger partial charge in [0.15, 0.2) is 0 Å². The highest BCUT2D eigenvalue weighted by Gasteiger charge is 1.78. The molecule has 56 valence electrons. The fourth-order valence-corrected chi connectivity index (χ4v) is 0.550. The summed E-state index contributed by atoms with van der Waals surface area (Å²) in [7, 11) is 0. The van der Waals surface area contributed by atoms with Gasteiger partial charge in [0.1, 0.15) is 0 Å². The molecule has 0 saturated heterocycles. The zero-order valence-electron chi connectivity index (χ0n) is 6.80. The lowest BCUT2D eigenvalue weighted by Crippen LogP contribution is -1.85. The highest BCUT2D eigenvalue weighted by molar-refractivity contribution is 5.92. The van der Waals surface area contributed by atoms with E-state index in [4.69, 9.17) is 0 Å². The third-order valence-corrected chi connectivity index (χ3v) is 1.06. The summed E-state index contributed by atoms with van der Waals surface area (Å²) in [5.74, 6) is 0. The van der Waals surface area contributed by atoms with Crippen LogP contribution in [0.1, 0.15) is 20.3 Å². The minimum atomic E-state index is 0.722. The van der Waals surface area contributed by atoms with Gasteiger partial charge in [0, 0.05) is 5.71 Å². The molecule has 0 aromatic carbocycles. The summed E-state index contributed by atoms with van der Waals surface area (Å²) in [5.41, 5.74) is 1.07. The Morgan fingerprint density at radius 1 is 1.60 bits per heavy atom. The Morgan fingerprint density at radius 2 is 2.30 bits per heavy atom. The molecule has 0 spiro atoms. The molecule has 0 aliphatic heterocycles. The standard InChI is InChI=1S/C9H15N/c1-4-6-7-9(3)10-8-5-2/h5-7H,2,4,8H2,1,3H3. The van der Waals surface area contributed by atoms with Gasteiger partial charge in [0.25, 0.3) is 0 Å². The molecule has 0 aliphatic rings. The maximum atomic E-state index is 4.19. The quantitative estimate of drug-likeness (QED) is 0.417. The molecule has 1 nitrogen and oxygen atoms in total. The molecule has 0 aromatic heterocycles. The minimum absolute atomic E-state index is 0.722. The van der Waals surface area contributed by atoms with Crippen molar-refractivity contribution in [3.8, 4) is 0 Å². The van der Waals surface area contributed by atoms with Crippen LogP contribution >= 0.6 is 0 Å². The Bertz CT molecular complexity index is 143. The average molecular weight is 137 g/mol. The molecule has 0 heterocycles. The van der Waals surface area contributed by atoms with Gasteiger partial charge >= 0.3 is 0 Å². The Hall–Kier alpha value is -0.850. The van der Waals surface area contributed by atoms with E-state index in [1.165, 1.54) is 0 Å². The normalized spacial score (nSPS) is 12.4. The van der Waals surface area contributed by atoms with Gasteiger partial charge in [-0.15, -0.1) is 6.58 Å². The van der Waals surface area contributed by atoms with Crippen molar-refractivity contribution in [2.75, 3.05) is 6.54 Å². The first kappa shape index (κ1) is 9.15. The van der Waals surface area contributed by atoms with E-state index in [1.807, 2.05) is 13.0 Å². The third kappa shape index (κ3) is 5.29. The van der Waals surface area contributed by atoms with E-state index in [0.29, 0.717) is 0 Å². The molecule has 0 aromatic rings. The van der Waals surface area contributed by atoms with E-state index >= 15 is 0 Å². The van der Waals surface area contributed by atoms with Gasteiger partial charge in [0.2, 0.25) is 0 Å². The number of aliphatic imine (C=N–C) groups is 1. The summed E-state index contributed by atoms with van der Waals surface area (Å²) in [6.45, 7) is 8.41. The molecule has 0 fully saturated rings. The predicted octanol–water partition coefficient (Wildman–Crippen LogP) is 2.60. The van der Waals surface area contributed by atoms with E-state index in [2.05, 4.69) is 24.6 Å². The van der Waals surface area contributed by atoms with Crippen LogP contribution in [0.25, 0.3) is 0 Å². The first-order valence-corrected chi connectivity index (χ1v) is 3.59. The lowest BCUT2D eigenvalue weighted by atomic mass is 10.3. The highest BCUT2D eigenvalue weighted by atomic mass is 14.7. The number of allylic oxidation sites excluding steroid dienone is 2. The van der Waals surface area contributed by atoms with Crippen molar-refractivity contribution in [1.82, 2.24) is 0 Å². The van der Waals surface area contributed by atoms with Crippen LogP contribution in [-0.2, 0) is 0 Å². The Labute approximate surface area is 63.2 Å². The Morgan fingerprint density at radius 3 is 2.80 bits per heavy atom. The summed E-state index contributed by atoms with van der Waals surface area (Å²) >= 11 is 0. The zero-order valence-corrected chi connectivity index (χ0v) is 6.80. The summed E-state index contributed by atoms with van der Waals surface area (Å²) in [5, 5.41) is 0. The summed E-state index contributed by atoms with van der Waals surface area (Å²) in [6, 6.07) is 0. The molecule has 0 bridgehead atoms. The van der Waals surface area contributed by atoms with Crippen molar-refractivity contribution in [3.63, 3.8) is 0 Å². The maximum absolute atomic E-state index is 4.19. The number of hydrogen-bond acceptors (Lipinski definition) is 1. The molecule has 0 rings (SSSR count). The van der Waals surface area contributed by atoms with Crippen molar-refractivity contribution < 1.29 is 0 Å². The average Bonchev–Trinajstić information content (AvgIpc) is 1.97. The summed E-state index contributed by atoms with van der Waals surface area (Å²) < 4.78 is 0. The fourth-order valence-electron chi connectivity index (χ4n) is 0.550. The summed E-state index contributed by atoms with van der Waals surface area (Å²) in [6.07, 6.45) is 7.00. The van der Waals surface area contributed by atoms with E-state index < -0.39 is 0 Å². The van der Waals surface area contributed by atoms with E-state index in [-0.39, 0.29) is 0 Å². The monoisotopic (exact) mass is 137 g/mol. The van der Waals surface area contributed by atoms with Gasteiger partial charge in [-0.3, -0.25) is 4.99 Å². The summed E-state index contributed by atoms with van der Waals surface area (Å²) in [4.78, 5) is 4.19. The van der Waals surface area contributed by atoms with Crippen LogP contribution in [0.4, 0.5) is 0 Å². The highest BCUT2D eigenvalue weighted by Crippen LogP contribution is 1.84. The Balaban J connectivity index is 3.69. The molecule has 0 unspecified atom stereocenters. The molecule has 0 atom stereocenters. The van der Waals surface area contributed by atoms with Crippen LogP contribution < -0.4 is 0 Å². The van der Waals surface area contributed by atoms with Gasteiger partial charge in [0.05, 0.1) is 6.54 Å². The lowest BCUT2D eigenvalue weighted by molar-refractivity contribution is 1.21. The molecular formula is C9H15N. The second kappa shape index (κ2) is 6.27. The number of rotatable bonds is 4. The van der Waals surface area contributed by atoms with Crippen LogP contribution in [0.3, 0.4) is 0 Å². The smallest absolute Gasteiger partial charge is 0.0570 e. The Kier molecular flexibility index (Phi) is 5.74. The third-order valence-electron chi connectivity index (χ3n) is 1.06. The molecule has 0 aliphatic carbocycles. The van der Waals surface area contributed by atoms with E-state index in [0.717, 1.165) is 18.7 Å². The molecule has 0 radical (unpaired) electrons. The van der Waals surface area contributed by atoms with E-state index in [9.17, 15) is 0 Å². The number of nitrogens with zero attached hydrogens (tertiary/aromatic N) is 1. The van der Waals surface area contributed by atoms with Gasteiger partial charge < -0.3 is 0 Å².